The number of carbonyl (C=O) groups is 1. The first-order valence-corrected chi connectivity index (χ1v) is 10.1. The highest BCUT2D eigenvalue weighted by atomic mass is 35.5. The lowest BCUT2D eigenvalue weighted by Gasteiger charge is -2.13. The van der Waals surface area contributed by atoms with E-state index in [9.17, 15) is 18.0 Å². The Hall–Kier alpha value is -4.25. The number of carbonyl (C=O) groups excluding carboxylic acids is 1. The van der Waals surface area contributed by atoms with Gasteiger partial charge in [-0.2, -0.15) is 28.5 Å². The maximum atomic E-state index is 14.3. The maximum Gasteiger partial charge on any atom is 0.434 e. The van der Waals surface area contributed by atoms with Gasteiger partial charge in [0.2, 0.25) is 0 Å². The third-order valence-electron chi connectivity index (χ3n) is 5.10. The van der Waals surface area contributed by atoms with Crippen LogP contribution in [-0.4, -0.2) is 35.7 Å². The Morgan fingerprint density at radius 2 is 1.74 bits per heavy atom. The van der Waals surface area contributed by atoms with Crippen molar-refractivity contribution in [1.29, 1.82) is 0 Å². The summed E-state index contributed by atoms with van der Waals surface area (Å²) in [6, 6.07) is 13.1. The number of benzene rings is 2. The Morgan fingerprint density at radius 3 is 2.41 bits per heavy atom. The standard InChI is InChI=1S/C22H13ClF3N7O/c23-15-10-13(11-28-21(15)33-29-8-9-30-33)18-17(20(27)34)19(22(24,25)26)32(31-18)16-7-3-5-12-4-1-2-6-14(12)16/h1-11H,(H2,27,34). The molecule has 12 heteroatoms. The summed E-state index contributed by atoms with van der Waals surface area (Å²) in [7, 11) is 0. The van der Waals surface area contributed by atoms with E-state index in [-0.39, 0.29) is 27.8 Å². The first-order valence-electron chi connectivity index (χ1n) is 9.76. The maximum absolute atomic E-state index is 14.3. The third-order valence-corrected chi connectivity index (χ3v) is 5.38. The van der Waals surface area contributed by atoms with Gasteiger partial charge in [-0.05, 0) is 17.5 Å². The molecule has 0 saturated carbocycles. The molecule has 5 rings (SSSR count). The van der Waals surface area contributed by atoms with Gasteiger partial charge in [0.15, 0.2) is 11.5 Å². The van der Waals surface area contributed by atoms with Crippen LogP contribution in [0, 0.1) is 0 Å². The molecule has 8 nitrogen and oxygen atoms in total. The molecule has 0 aliphatic rings. The molecule has 3 heterocycles. The number of rotatable bonds is 4. The van der Waals surface area contributed by atoms with Crippen LogP contribution >= 0.6 is 11.6 Å². The fraction of sp³-hybridized carbons (Fsp3) is 0.0455. The highest BCUT2D eigenvalue weighted by molar-refractivity contribution is 6.32. The lowest BCUT2D eigenvalue weighted by Crippen LogP contribution is -2.21. The van der Waals surface area contributed by atoms with E-state index in [1.54, 1.807) is 36.4 Å². The van der Waals surface area contributed by atoms with Crippen LogP contribution in [0.15, 0.2) is 67.1 Å². The Balaban J connectivity index is 1.79. The van der Waals surface area contributed by atoms with Gasteiger partial charge in [0.1, 0.15) is 5.69 Å². The molecule has 3 aromatic heterocycles. The lowest BCUT2D eigenvalue weighted by molar-refractivity contribution is -0.143. The van der Waals surface area contributed by atoms with E-state index >= 15 is 0 Å². The normalized spacial score (nSPS) is 11.8. The molecule has 0 bridgehead atoms. The second-order valence-electron chi connectivity index (χ2n) is 7.19. The SMILES string of the molecule is NC(=O)c1c(-c2cnc(-n3nccn3)c(Cl)c2)nn(-c2cccc3ccccc23)c1C(F)(F)F. The van der Waals surface area contributed by atoms with Gasteiger partial charge in [0, 0.05) is 17.1 Å². The summed E-state index contributed by atoms with van der Waals surface area (Å²) in [5.41, 5.74) is 3.25. The Bertz CT molecular complexity index is 1540. The van der Waals surface area contributed by atoms with Crippen molar-refractivity contribution >= 4 is 28.3 Å². The van der Waals surface area contributed by atoms with Crippen LogP contribution in [0.4, 0.5) is 13.2 Å². The molecule has 0 aliphatic heterocycles. The summed E-state index contributed by atoms with van der Waals surface area (Å²) in [6.07, 6.45) is -0.882. The van der Waals surface area contributed by atoms with Gasteiger partial charge in [0.05, 0.1) is 28.7 Å². The Morgan fingerprint density at radius 1 is 1.03 bits per heavy atom. The van der Waals surface area contributed by atoms with Crippen molar-refractivity contribution in [2.24, 2.45) is 5.73 Å². The van der Waals surface area contributed by atoms with E-state index in [1.807, 2.05) is 0 Å². The number of nitrogens with two attached hydrogens (primary N) is 1. The van der Waals surface area contributed by atoms with E-state index in [0.29, 0.717) is 15.5 Å². The number of hydrogen-bond acceptors (Lipinski definition) is 5. The highest BCUT2D eigenvalue weighted by Gasteiger charge is 2.42. The van der Waals surface area contributed by atoms with Crippen LogP contribution < -0.4 is 5.73 Å². The molecular formula is C22H13ClF3N7O. The smallest absolute Gasteiger partial charge is 0.365 e. The van der Waals surface area contributed by atoms with Crippen LogP contribution in [0.5, 0.6) is 0 Å². The number of nitrogens with zero attached hydrogens (tertiary/aromatic N) is 6. The van der Waals surface area contributed by atoms with E-state index in [2.05, 4.69) is 20.3 Å². The number of amides is 1. The molecule has 0 spiro atoms. The largest absolute Gasteiger partial charge is 0.434 e. The van der Waals surface area contributed by atoms with Crippen LogP contribution in [0.2, 0.25) is 5.02 Å². The van der Waals surface area contributed by atoms with Crippen LogP contribution in [0.3, 0.4) is 0 Å². The van der Waals surface area contributed by atoms with Crippen molar-refractivity contribution in [3.63, 3.8) is 0 Å². The number of primary amides is 1. The van der Waals surface area contributed by atoms with Gasteiger partial charge in [-0.1, -0.05) is 48.0 Å². The number of aromatic nitrogens is 6. The van der Waals surface area contributed by atoms with Crippen molar-refractivity contribution < 1.29 is 18.0 Å². The second kappa shape index (κ2) is 7.96. The topological polar surface area (TPSA) is 105 Å². The minimum atomic E-state index is -4.94. The quantitative estimate of drug-likeness (QED) is 0.407. The van der Waals surface area contributed by atoms with Gasteiger partial charge in [-0.3, -0.25) is 4.79 Å². The van der Waals surface area contributed by atoms with Crippen LogP contribution in [0.25, 0.3) is 33.5 Å². The lowest BCUT2D eigenvalue weighted by atomic mass is 10.1. The molecular weight excluding hydrogens is 471 g/mol. The number of halogens is 4. The summed E-state index contributed by atoms with van der Waals surface area (Å²) in [5.74, 6) is -1.14. The fourth-order valence-corrected chi connectivity index (χ4v) is 3.96. The zero-order valence-corrected chi connectivity index (χ0v) is 17.8. The van der Waals surface area contributed by atoms with Gasteiger partial charge < -0.3 is 5.73 Å². The van der Waals surface area contributed by atoms with Crippen LogP contribution in [-0.2, 0) is 6.18 Å². The van der Waals surface area contributed by atoms with E-state index in [0.717, 1.165) is 4.80 Å². The van der Waals surface area contributed by atoms with Crippen molar-refractivity contribution in [1.82, 2.24) is 29.8 Å². The van der Waals surface area contributed by atoms with E-state index in [1.165, 1.54) is 30.7 Å². The first-order chi connectivity index (χ1) is 16.3. The van der Waals surface area contributed by atoms with Gasteiger partial charge in [0.25, 0.3) is 5.91 Å². The van der Waals surface area contributed by atoms with Crippen molar-refractivity contribution in [2.75, 3.05) is 0 Å². The van der Waals surface area contributed by atoms with Crippen LogP contribution in [0.1, 0.15) is 16.1 Å². The molecule has 34 heavy (non-hydrogen) atoms. The van der Waals surface area contributed by atoms with Crippen molar-refractivity contribution in [2.45, 2.75) is 6.18 Å². The highest BCUT2D eigenvalue weighted by Crippen LogP contribution is 2.39. The average molecular weight is 484 g/mol. The van der Waals surface area contributed by atoms with E-state index < -0.39 is 23.3 Å². The van der Waals surface area contributed by atoms with Gasteiger partial charge in [-0.25, -0.2) is 9.67 Å². The summed E-state index contributed by atoms with van der Waals surface area (Å²) in [4.78, 5) is 17.6. The van der Waals surface area contributed by atoms with Crippen molar-refractivity contribution in [3.8, 4) is 22.8 Å². The monoisotopic (exact) mass is 483 g/mol. The zero-order valence-electron chi connectivity index (χ0n) is 17.0. The fourth-order valence-electron chi connectivity index (χ4n) is 3.72. The molecule has 0 atom stereocenters. The molecule has 0 fully saturated rings. The predicted molar refractivity (Wildman–Crippen MR) is 118 cm³/mol. The zero-order chi connectivity index (χ0) is 24.0. The minimum absolute atomic E-state index is 0.0392. The molecule has 5 aromatic rings. The molecule has 1 amide bonds. The number of pyridine rings is 1. The average Bonchev–Trinajstić information content (AvgIpc) is 3.47. The summed E-state index contributed by atoms with van der Waals surface area (Å²) >= 11 is 6.30. The number of alkyl halides is 3. The predicted octanol–water partition coefficient (Wildman–Crippen LogP) is 4.44. The number of fused-ring (bicyclic) bond motifs is 1. The molecule has 0 unspecified atom stereocenters. The number of hydrogen-bond donors (Lipinski definition) is 1. The van der Waals surface area contributed by atoms with E-state index in [4.69, 9.17) is 17.3 Å². The third kappa shape index (κ3) is 3.55. The minimum Gasteiger partial charge on any atom is -0.365 e. The molecule has 0 radical (unpaired) electrons. The second-order valence-corrected chi connectivity index (χ2v) is 7.60. The molecule has 2 aromatic carbocycles. The van der Waals surface area contributed by atoms with Gasteiger partial charge in [-0.15, -0.1) is 4.80 Å². The summed E-state index contributed by atoms with van der Waals surface area (Å²) in [5, 5.41) is 13.3. The van der Waals surface area contributed by atoms with Crippen molar-refractivity contribution in [3.05, 3.63) is 83.4 Å². The molecule has 0 saturated heterocycles. The molecule has 0 aliphatic carbocycles. The summed E-state index contributed by atoms with van der Waals surface area (Å²) in [6.45, 7) is 0. The Kier molecular flexibility index (Phi) is 5.05. The van der Waals surface area contributed by atoms with Gasteiger partial charge >= 0.3 is 6.18 Å². The summed E-state index contributed by atoms with van der Waals surface area (Å²) < 4.78 is 43.5. The molecule has 2 N–H and O–H groups in total. The Labute approximate surface area is 194 Å². The first kappa shape index (κ1) is 21.6. The molecule has 170 valence electrons.